The van der Waals surface area contributed by atoms with E-state index in [0.717, 1.165) is 12.2 Å². The number of likely N-dealkylation sites (N-methyl/N-ethyl adjacent to an activating group) is 1. The molecule has 2 rings (SSSR count). The minimum atomic E-state index is 0. The first-order chi connectivity index (χ1) is 9.74. The summed E-state index contributed by atoms with van der Waals surface area (Å²) in [5.74, 6) is 0.870. The molecule has 0 fully saturated rings. The summed E-state index contributed by atoms with van der Waals surface area (Å²) >= 11 is 0. The molecular formula is C16H21ClN2O2. The molecule has 0 heterocycles. The zero-order valence-corrected chi connectivity index (χ0v) is 13.1. The largest absolute Gasteiger partial charge is 0.497 e. The summed E-state index contributed by atoms with van der Waals surface area (Å²) in [5.41, 5.74) is 1.21. The van der Waals surface area contributed by atoms with E-state index in [1.807, 2.05) is 18.2 Å². The van der Waals surface area contributed by atoms with Crippen molar-refractivity contribution in [1.82, 2.24) is 10.6 Å². The minimum absolute atomic E-state index is 0. The van der Waals surface area contributed by atoms with Crippen LogP contribution in [0.1, 0.15) is 5.56 Å². The Balaban J connectivity index is 0.00000220. The fraction of sp³-hybridized carbons (Fsp3) is 0.312. The average molecular weight is 309 g/mol. The summed E-state index contributed by atoms with van der Waals surface area (Å²) in [7, 11) is 3.43. The number of methoxy groups -OCH3 is 1. The van der Waals surface area contributed by atoms with E-state index in [9.17, 15) is 4.79 Å². The third-order valence-electron chi connectivity index (χ3n) is 3.23. The van der Waals surface area contributed by atoms with Crippen LogP contribution in [-0.4, -0.2) is 33.2 Å². The molecule has 0 bridgehead atoms. The first-order valence-corrected chi connectivity index (χ1v) is 6.71. The van der Waals surface area contributed by atoms with Crippen molar-refractivity contribution in [2.45, 2.75) is 6.42 Å². The highest BCUT2D eigenvalue weighted by Gasteiger charge is 2.04. The number of carbonyl (C=O) groups is 1. The normalized spacial score (nSPS) is 10.0. The molecule has 0 aromatic heterocycles. The number of benzene rings is 2. The second-order valence-corrected chi connectivity index (χ2v) is 4.63. The van der Waals surface area contributed by atoms with E-state index in [2.05, 4.69) is 28.8 Å². The molecule has 2 aromatic rings. The number of fused-ring (bicyclic) bond motifs is 1. The molecule has 2 aromatic carbocycles. The second-order valence-electron chi connectivity index (χ2n) is 4.63. The van der Waals surface area contributed by atoms with Gasteiger partial charge in [-0.05, 0) is 41.9 Å². The molecule has 0 saturated heterocycles. The SMILES string of the molecule is CNCC(=O)NCCc1cccc2ccc(OC)cc12.Cl. The number of nitrogens with one attached hydrogen (secondary N) is 2. The predicted molar refractivity (Wildman–Crippen MR) is 88.4 cm³/mol. The zero-order chi connectivity index (χ0) is 14.4. The van der Waals surface area contributed by atoms with Crippen LogP contribution in [0.4, 0.5) is 0 Å². The van der Waals surface area contributed by atoms with Gasteiger partial charge in [0.2, 0.25) is 5.91 Å². The third kappa shape index (κ3) is 4.62. The Bertz CT molecular complexity index is 602. The number of halogens is 1. The first-order valence-electron chi connectivity index (χ1n) is 6.71. The predicted octanol–water partition coefficient (Wildman–Crippen LogP) is 2.15. The maximum Gasteiger partial charge on any atom is 0.233 e. The first kappa shape index (κ1) is 17.3. The van der Waals surface area contributed by atoms with E-state index in [-0.39, 0.29) is 18.3 Å². The molecule has 114 valence electrons. The smallest absolute Gasteiger partial charge is 0.233 e. The van der Waals surface area contributed by atoms with Crippen molar-refractivity contribution < 1.29 is 9.53 Å². The van der Waals surface area contributed by atoms with Crippen LogP contribution in [0.25, 0.3) is 10.8 Å². The standard InChI is InChI=1S/C16H20N2O2.ClH/c1-17-11-16(19)18-9-8-13-5-3-4-12-6-7-14(20-2)10-15(12)13;/h3-7,10,17H,8-9,11H2,1-2H3,(H,18,19);1H. The lowest BCUT2D eigenvalue weighted by atomic mass is 10.0. The van der Waals surface area contributed by atoms with Crippen molar-refractivity contribution in [2.75, 3.05) is 27.2 Å². The molecule has 2 N–H and O–H groups in total. The summed E-state index contributed by atoms with van der Waals surface area (Å²) in [6.45, 7) is 0.986. The Hall–Kier alpha value is -1.78. The maximum atomic E-state index is 11.4. The second kappa shape index (κ2) is 8.49. The van der Waals surface area contributed by atoms with Crippen LogP contribution < -0.4 is 15.4 Å². The zero-order valence-electron chi connectivity index (χ0n) is 12.3. The Morgan fingerprint density at radius 1 is 1.24 bits per heavy atom. The molecule has 5 heteroatoms. The molecule has 0 aliphatic carbocycles. The quantitative estimate of drug-likeness (QED) is 0.860. The molecule has 1 amide bonds. The number of carbonyl (C=O) groups excluding carboxylic acids is 1. The van der Waals surface area contributed by atoms with Crippen molar-refractivity contribution in [3.05, 3.63) is 42.0 Å². The number of rotatable bonds is 6. The topological polar surface area (TPSA) is 50.4 Å². The highest BCUT2D eigenvalue weighted by atomic mass is 35.5. The Kier molecular flexibility index (Phi) is 6.99. The van der Waals surface area contributed by atoms with Gasteiger partial charge in [-0.15, -0.1) is 12.4 Å². The minimum Gasteiger partial charge on any atom is -0.497 e. The lowest BCUT2D eigenvalue weighted by molar-refractivity contribution is -0.120. The lowest BCUT2D eigenvalue weighted by Crippen LogP contribution is -2.33. The molecule has 0 aliphatic rings. The lowest BCUT2D eigenvalue weighted by Gasteiger charge is -2.09. The summed E-state index contributed by atoms with van der Waals surface area (Å²) in [6, 6.07) is 12.3. The van der Waals surface area contributed by atoms with Gasteiger partial charge < -0.3 is 15.4 Å². The van der Waals surface area contributed by atoms with E-state index in [1.165, 1.54) is 16.3 Å². The van der Waals surface area contributed by atoms with Gasteiger partial charge >= 0.3 is 0 Å². The van der Waals surface area contributed by atoms with Crippen LogP contribution >= 0.6 is 12.4 Å². The van der Waals surface area contributed by atoms with Crippen LogP contribution in [0.3, 0.4) is 0 Å². The van der Waals surface area contributed by atoms with Crippen LogP contribution in [0.2, 0.25) is 0 Å². The number of hydrogen-bond donors (Lipinski definition) is 2. The van der Waals surface area contributed by atoms with Crippen molar-refractivity contribution >= 4 is 29.1 Å². The highest BCUT2D eigenvalue weighted by Crippen LogP contribution is 2.24. The molecule has 0 atom stereocenters. The van der Waals surface area contributed by atoms with Crippen LogP contribution in [0.15, 0.2) is 36.4 Å². The van der Waals surface area contributed by atoms with E-state index < -0.39 is 0 Å². The molecule has 4 nitrogen and oxygen atoms in total. The van der Waals surface area contributed by atoms with Crippen molar-refractivity contribution in [3.63, 3.8) is 0 Å². The average Bonchev–Trinajstić information content (AvgIpc) is 2.47. The van der Waals surface area contributed by atoms with E-state index in [4.69, 9.17) is 4.74 Å². The van der Waals surface area contributed by atoms with E-state index in [0.29, 0.717) is 13.1 Å². The van der Waals surface area contributed by atoms with Gasteiger partial charge in [0.1, 0.15) is 5.75 Å². The molecule has 0 radical (unpaired) electrons. The Morgan fingerprint density at radius 3 is 2.76 bits per heavy atom. The summed E-state index contributed by atoms with van der Waals surface area (Å²) < 4.78 is 5.27. The summed E-state index contributed by atoms with van der Waals surface area (Å²) in [6.07, 6.45) is 0.806. The van der Waals surface area contributed by atoms with E-state index in [1.54, 1.807) is 14.2 Å². The van der Waals surface area contributed by atoms with E-state index >= 15 is 0 Å². The molecule has 0 saturated carbocycles. The molecule has 0 spiro atoms. The molecule has 0 aliphatic heterocycles. The van der Waals surface area contributed by atoms with Gasteiger partial charge in [0.05, 0.1) is 13.7 Å². The number of hydrogen-bond acceptors (Lipinski definition) is 3. The van der Waals surface area contributed by atoms with Gasteiger partial charge in [0.15, 0.2) is 0 Å². The van der Waals surface area contributed by atoms with Gasteiger partial charge in [-0.3, -0.25) is 4.79 Å². The fourth-order valence-electron chi connectivity index (χ4n) is 2.22. The van der Waals surface area contributed by atoms with Crippen LogP contribution in [0, 0.1) is 0 Å². The summed E-state index contributed by atoms with van der Waals surface area (Å²) in [5, 5.41) is 8.09. The summed E-state index contributed by atoms with van der Waals surface area (Å²) in [4.78, 5) is 11.4. The van der Waals surface area contributed by atoms with Crippen molar-refractivity contribution in [3.8, 4) is 5.75 Å². The Morgan fingerprint density at radius 2 is 2.05 bits per heavy atom. The number of ether oxygens (including phenoxy) is 1. The van der Waals surface area contributed by atoms with Gasteiger partial charge in [-0.2, -0.15) is 0 Å². The van der Waals surface area contributed by atoms with Crippen molar-refractivity contribution in [1.29, 1.82) is 0 Å². The van der Waals surface area contributed by atoms with Gasteiger partial charge in [0.25, 0.3) is 0 Å². The Labute approximate surface area is 131 Å². The van der Waals surface area contributed by atoms with Crippen LogP contribution in [0.5, 0.6) is 5.75 Å². The third-order valence-corrected chi connectivity index (χ3v) is 3.23. The van der Waals surface area contributed by atoms with Gasteiger partial charge in [-0.25, -0.2) is 0 Å². The van der Waals surface area contributed by atoms with Crippen molar-refractivity contribution in [2.24, 2.45) is 0 Å². The van der Waals surface area contributed by atoms with Gasteiger partial charge in [0, 0.05) is 6.54 Å². The molecule has 21 heavy (non-hydrogen) atoms. The monoisotopic (exact) mass is 308 g/mol. The van der Waals surface area contributed by atoms with Gasteiger partial charge in [-0.1, -0.05) is 24.3 Å². The highest BCUT2D eigenvalue weighted by molar-refractivity contribution is 5.87. The number of amides is 1. The molecule has 0 unspecified atom stereocenters. The maximum absolute atomic E-state index is 11.4. The molecular weight excluding hydrogens is 288 g/mol. The fourth-order valence-corrected chi connectivity index (χ4v) is 2.22. The van der Waals surface area contributed by atoms with Crippen LogP contribution in [-0.2, 0) is 11.2 Å².